The molecule has 4 rings (SSSR count). The van der Waals surface area contributed by atoms with Gasteiger partial charge in [-0.15, -0.1) is 0 Å². The molecule has 1 amide bonds. The molecule has 4 aromatic rings. The molecule has 184 valence electrons. The van der Waals surface area contributed by atoms with E-state index in [1.165, 1.54) is 42.3 Å². The minimum Gasteiger partial charge on any atom is -0.493 e. The molecule has 0 radical (unpaired) electrons. The molecule has 0 bridgehead atoms. The van der Waals surface area contributed by atoms with Gasteiger partial charge in [-0.3, -0.25) is 9.59 Å². The van der Waals surface area contributed by atoms with Crippen molar-refractivity contribution in [2.75, 3.05) is 19.0 Å². The van der Waals surface area contributed by atoms with Gasteiger partial charge in [-0.1, -0.05) is 22.9 Å². The first-order chi connectivity index (χ1) is 17.4. The monoisotopic (exact) mass is 552 g/mol. The minimum atomic E-state index is -0.406. The van der Waals surface area contributed by atoms with Crippen molar-refractivity contribution in [3.8, 4) is 11.5 Å². The number of fused-ring (bicyclic) bond motifs is 1. The molecule has 1 aromatic heterocycles. The summed E-state index contributed by atoms with van der Waals surface area (Å²) in [5.74, 6) is 0.476. The van der Waals surface area contributed by atoms with Crippen LogP contribution in [0.15, 0.2) is 75.0 Å². The van der Waals surface area contributed by atoms with Crippen molar-refractivity contribution in [1.82, 2.24) is 9.66 Å². The number of aromatic nitrogens is 2. The smallest absolute Gasteiger partial charge is 0.282 e. The van der Waals surface area contributed by atoms with Gasteiger partial charge in [0.25, 0.3) is 11.5 Å². The molecule has 0 aliphatic carbocycles. The fourth-order valence-electron chi connectivity index (χ4n) is 3.42. The number of hydrogen-bond donors (Lipinski definition) is 1. The van der Waals surface area contributed by atoms with E-state index < -0.39 is 11.7 Å². The Labute approximate surface area is 214 Å². The average Bonchev–Trinajstić information content (AvgIpc) is 2.88. The molecule has 0 fully saturated rings. The Balaban J connectivity index is 1.51. The third-order valence-electron chi connectivity index (χ3n) is 5.19. The highest BCUT2D eigenvalue weighted by atomic mass is 79.9. The zero-order valence-corrected chi connectivity index (χ0v) is 21.1. The second kappa shape index (κ2) is 11.1. The molecule has 0 aliphatic rings. The van der Waals surface area contributed by atoms with Crippen molar-refractivity contribution in [2.45, 2.75) is 13.3 Å². The summed E-state index contributed by atoms with van der Waals surface area (Å²) in [7, 11) is 1.48. The highest BCUT2D eigenvalue weighted by Crippen LogP contribution is 2.27. The van der Waals surface area contributed by atoms with Crippen LogP contribution in [0, 0.1) is 5.82 Å². The van der Waals surface area contributed by atoms with Crippen LogP contribution in [0.4, 0.5) is 10.1 Å². The number of anilines is 1. The Morgan fingerprint density at radius 2 is 1.92 bits per heavy atom. The number of halogens is 2. The Hall–Kier alpha value is -4.05. The molecule has 0 aliphatic heterocycles. The van der Waals surface area contributed by atoms with Gasteiger partial charge in [0.15, 0.2) is 18.1 Å². The number of carbonyl (C=O) groups excluding carboxylic acids is 1. The summed E-state index contributed by atoms with van der Waals surface area (Å²) in [5, 5.41) is 7.46. The highest BCUT2D eigenvalue weighted by Gasteiger charge is 2.11. The van der Waals surface area contributed by atoms with Gasteiger partial charge in [0.1, 0.15) is 11.6 Å². The second-order valence-corrected chi connectivity index (χ2v) is 8.57. The maximum Gasteiger partial charge on any atom is 0.282 e. The van der Waals surface area contributed by atoms with Crippen molar-refractivity contribution in [3.63, 3.8) is 0 Å². The number of benzene rings is 3. The lowest BCUT2D eigenvalue weighted by Gasteiger charge is -2.12. The zero-order valence-electron chi connectivity index (χ0n) is 19.5. The zero-order chi connectivity index (χ0) is 25.7. The van der Waals surface area contributed by atoms with Crippen molar-refractivity contribution in [3.05, 3.63) is 92.7 Å². The lowest BCUT2D eigenvalue weighted by Crippen LogP contribution is -2.22. The van der Waals surface area contributed by atoms with Crippen LogP contribution in [0.3, 0.4) is 0 Å². The highest BCUT2D eigenvalue weighted by molar-refractivity contribution is 9.10. The molecule has 0 atom stereocenters. The van der Waals surface area contributed by atoms with Crippen LogP contribution in [-0.2, 0) is 11.2 Å². The molecule has 0 saturated carbocycles. The maximum atomic E-state index is 13.0. The predicted molar refractivity (Wildman–Crippen MR) is 140 cm³/mol. The minimum absolute atomic E-state index is 0.269. The first-order valence-electron chi connectivity index (χ1n) is 11.0. The van der Waals surface area contributed by atoms with Crippen LogP contribution in [0.5, 0.6) is 11.5 Å². The largest absolute Gasteiger partial charge is 0.493 e. The number of ether oxygens (including phenoxy) is 2. The molecule has 10 heteroatoms. The van der Waals surface area contributed by atoms with E-state index in [0.29, 0.717) is 45.9 Å². The Bertz CT molecular complexity index is 1500. The fourth-order valence-corrected chi connectivity index (χ4v) is 3.79. The summed E-state index contributed by atoms with van der Waals surface area (Å²) in [6.07, 6.45) is 2.05. The van der Waals surface area contributed by atoms with E-state index in [2.05, 4.69) is 31.3 Å². The molecule has 36 heavy (non-hydrogen) atoms. The average molecular weight is 553 g/mol. The van der Waals surface area contributed by atoms with Gasteiger partial charge >= 0.3 is 0 Å². The number of aryl methyl sites for hydroxylation is 1. The van der Waals surface area contributed by atoms with E-state index >= 15 is 0 Å². The van der Waals surface area contributed by atoms with Gasteiger partial charge in [0.2, 0.25) is 0 Å². The second-order valence-electron chi connectivity index (χ2n) is 7.66. The number of carbonyl (C=O) groups is 1. The number of hydrogen-bond acceptors (Lipinski definition) is 6. The van der Waals surface area contributed by atoms with Crippen LogP contribution >= 0.6 is 15.9 Å². The van der Waals surface area contributed by atoms with Crippen LogP contribution < -0.4 is 20.3 Å². The lowest BCUT2D eigenvalue weighted by molar-refractivity contribution is -0.118. The summed E-state index contributed by atoms with van der Waals surface area (Å²) in [6.45, 7) is 1.63. The van der Waals surface area contributed by atoms with E-state index in [9.17, 15) is 14.0 Å². The van der Waals surface area contributed by atoms with Crippen LogP contribution in [0.2, 0.25) is 0 Å². The standard InChI is InChI=1S/C26H22BrFN4O4/c1-3-24-31-21-10-5-17(27)13-20(21)26(34)32(24)29-14-16-4-11-22(23(12-16)35-2)36-15-25(33)30-19-8-6-18(28)7-9-19/h4-14H,3,15H2,1-2H3,(H,30,33). The fraction of sp³-hybridized carbons (Fsp3) is 0.154. The van der Waals surface area contributed by atoms with Gasteiger partial charge in [-0.25, -0.2) is 9.37 Å². The molecule has 8 nitrogen and oxygen atoms in total. The topological polar surface area (TPSA) is 94.8 Å². The van der Waals surface area contributed by atoms with E-state index in [0.717, 1.165) is 4.47 Å². The summed E-state index contributed by atoms with van der Waals surface area (Å²) < 4.78 is 26.1. The number of methoxy groups -OCH3 is 1. The summed E-state index contributed by atoms with van der Waals surface area (Å²) in [5.41, 5.74) is 1.45. The number of nitrogens with one attached hydrogen (secondary N) is 1. The number of rotatable bonds is 8. The number of nitrogens with zero attached hydrogens (tertiary/aromatic N) is 3. The van der Waals surface area contributed by atoms with Gasteiger partial charge in [0, 0.05) is 16.6 Å². The molecule has 1 heterocycles. The first-order valence-corrected chi connectivity index (χ1v) is 11.8. The predicted octanol–water partition coefficient (Wildman–Crippen LogP) is 4.77. The molecule has 1 N–H and O–H groups in total. The summed E-state index contributed by atoms with van der Waals surface area (Å²) in [6, 6.07) is 15.8. The van der Waals surface area contributed by atoms with Gasteiger partial charge in [-0.2, -0.15) is 9.78 Å². The van der Waals surface area contributed by atoms with E-state index in [1.54, 1.807) is 30.3 Å². The Morgan fingerprint density at radius 1 is 1.14 bits per heavy atom. The maximum absolute atomic E-state index is 13.0. The van der Waals surface area contributed by atoms with Gasteiger partial charge in [-0.05, 0) is 66.2 Å². The summed E-state index contributed by atoms with van der Waals surface area (Å²) >= 11 is 3.39. The van der Waals surface area contributed by atoms with Crippen LogP contribution in [0.1, 0.15) is 18.3 Å². The van der Waals surface area contributed by atoms with Crippen molar-refractivity contribution >= 4 is 44.6 Å². The normalized spacial score (nSPS) is 11.1. The number of amides is 1. The molecule has 3 aromatic carbocycles. The van der Waals surface area contributed by atoms with E-state index in [1.807, 2.05) is 13.0 Å². The van der Waals surface area contributed by atoms with E-state index in [-0.39, 0.29) is 12.2 Å². The van der Waals surface area contributed by atoms with Crippen molar-refractivity contribution in [2.24, 2.45) is 5.10 Å². The third-order valence-corrected chi connectivity index (χ3v) is 5.68. The summed E-state index contributed by atoms with van der Waals surface area (Å²) in [4.78, 5) is 29.8. The Kier molecular flexibility index (Phi) is 7.74. The van der Waals surface area contributed by atoms with Crippen LogP contribution in [-0.4, -0.2) is 35.5 Å². The van der Waals surface area contributed by atoms with Gasteiger partial charge in [0.05, 0.1) is 24.2 Å². The van der Waals surface area contributed by atoms with Crippen LogP contribution in [0.25, 0.3) is 10.9 Å². The molecule has 0 saturated heterocycles. The SMILES string of the molecule is CCc1nc2ccc(Br)cc2c(=O)n1N=Cc1ccc(OCC(=O)Nc2ccc(F)cc2)c(OC)c1. The molecular formula is C26H22BrFN4O4. The van der Waals surface area contributed by atoms with E-state index in [4.69, 9.17) is 9.47 Å². The Morgan fingerprint density at radius 3 is 2.64 bits per heavy atom. The molecular weight excluding hydrogens is 531 g/mol. The van der Waals surface area contributed by atoms with Crippen molar-refractivity contribution < 1.29 is 18.7 Å². The van der Waals surface area contributed by atoms with Gasteiger partial charge < -0.3 is 14.8 Å². The first kappa shape index (κ1) is 25.1. The lowest BCUT2D eigenvalue weighted by atomic mass is 10.2. The molecule has 0 unspecified atom stereocenters. The van der Waals surface area contributed by atoms with Crippen molar-refractivity contribution in [1.29, 1.82) is 0 Å². The molecule has 0 spiro atoms. The third kappa shape index (κ3) is 5.77. The quantitative estimate of drug-likeness (QED) is 0.318.